The van der Waals surface area contributed by atoms with Crippen molar-refractivity contribution in [3.05, 3.63) is 47.5 Å². The first kappa shape index (κ1) is 37.1. The molecule has 0 aliphatic carbocycles. The molecule has 2 aliphatic rings. The molecule has 1 unspecified atom stereocenters. The van der Waals surface area contributed by atoms with Gasteiger partial charge in [-0.05, 0) is 60.1 Å². The van der Waals surface area contributed by atoms with Crippen LogP contribution in [0.3, 0.4) is 0 Å². The van der Waals surface area contributed by atoms with E-state index in [0.29, 0.717) is 12.8 Å². The molecule has 8 N–H and O–H groups in total. The van der Waals surface area contributed by atoms with Crippen molar-refractivity contribution in [3.63, 3.8) is 0 Å². The number of carboxylic acid groups (broad SMARTS) is 2. The van der Waals surface area contributed by atoms with E-state index in [1.165, 1.54) is 14.2 Å². The summed E-state index contributed by atoms with van der Waals surface area (Å²) < 4.78 is 32.7. The maximum Gasteiger partial charge on any atom is 0.335 e. The third-order valence-corrected chi connectivity index (χ3v) is 8.66. The van der Waals surface area contributed by atoms with E-state index in [2.05, 4.69) is 0 Å². The summed E-state index contributed by atoms with van der Waals surface area (Å²) in [5.74, 6) is -2.16. The van der Waals surface area contributed by atoms with E-state index >= 15 is 0 Å². The molecular formula is C32H42O16. The van der Waals surface area contributed by atoms with Crippen molar-refractivity contribution in [2.45, 2.75) is 88.1 Å². The Balaban J connectivity index is 1.45. The smallest absolute Gasteiger partial charge is 0.335 e. The Labute approximate surface area is 275 Å². The summed E-state index contributed by atoms with van der Waals surface area (Å²) in [4.78, 5) is 23.0. The van der Waals surface area contributed by atoms with Gasteiger partial charge in [0.25, 0.3) is 0 Å². The molecule has 2 saturated heterocycles. The van der Waals surface area contributed by atoms with Crippen LogP contribution in [0.15, 0.2) is 36.4 Å². The summed E-state index contributed by atoms with van der Waals surface area (Å²) >= 11 is 0. The van der Waals surface area contributed by atoms with Crippen molar-refractivity contribution in [2.75, 3.05) is 14.2 Å². The minimum Gasteiger partial charge on any atom is -0.493 e. The number of hydrogen-bond donors (Lipinski definition) is 8. The number of aliphatic carboxylic acids is 2. The maximum absolute atomic E-state index is 11.5. The first-order valence-corrected chi connectivity index (χ1v) is 15.2. The van der Waals surface area contributed by atoms with Gasteiger partial charge in [0.2, 0.25) is 12.6 Å². The second-order valence-corrected chi connectivity index (χ2v) is 12.0. The zero-order valence-electron chi connectivity index (χ0n) is 26.7. The zero-order chi connectivity index (χ0) is 35.4. The number of carboxylic acids is 2. The zero-order valence-corrected chi connectivity index (χ0v) is 26.7. The Morgan fingerprint density at radius 3 is 1.27 bits per heavy atom. The molecule has 48 heavy (non-hydrogen) atoms. The molecule has 2 heterocycles. The van der Waals surface area contributed by atoms with Gasteiger partial charge in [-0.1, -0.05) is 26.0 Å². The van der Waals surface area contributed by atoms with Crippen LogP contribution in [0.5, 0.6) is 23.0 Å². The molecular weight excluding hydrogens is 640 g/mol. The maximum atomic E-state index is 11.5. The Hall–Kier alpha value is -3.74. The average Bonchev–Trinajstić information content (AvgIpc) is 3.05. The summed E-state index contributed by atoms with van der Waals surface area (Å²) in [5.41, 5.74) is 1.61. The van der Waals surface area contributed by atoms with E-state index in [0.717, 1.165) is 11.1 Å². The monoisotopic (exact) mass is 682 g/mol. The topological polar surface area (TPSA) is 251 Å². The van der Waals surface area contributed by atoms with Crippen LogP contribution in [-0.4, -0.2) is 128 Å². The first-order valence-electron chi connectivity index (χ1n) is 15.2. The normalized spacial score (nSPS) is 31.7. The quantitative estimate of drug-likeness (QED) is 0.130. The van der Waals surface area contributed by atoms with E-state index in [1.807, 2.05) is 26.0 Å². The first-order chi connectivity index (χ1) is 22.7. The second-order valence-electron chi connectivity index (χ2n) is 12.0. The van der Waals surface area contributed by atoms with E-state index in [-0.39, 0.29) is 34.8 Å². The number of rotatable bonds is 13. The molecule has 2 fully saturated rings. The Bertz CT molecular complexity index is 1310. The third kappa shape index (κ3) is 8.10. The van der Waals surface area contributed by atoms with Gasteiger partial charge in [0.1, 0.15) is 36.6 Å². The number of aliphatic hydroxyl groups is 6. The SMILES string of the molecule is COc1ccc(C[C@@H](C)[C@@H](C)Cc2ccc(OC)c(O[C@@H]3O[C@H](C(=O)O)[C@@H](O)[C@H](O)[C@H]3O)c2)cc1OC1O[C@H](C(=O)O)[C@@H](O)[C@H](O)[C@H]1O. The van der Waals surface area contributed by atoms with Gasteiger partial charge < -0.3 is 69.3 Å². The lowest BCUT2D eigenvalue weighted by molar-refractivity contribution is -0.271. The van der Waals surface area contributed by atoms with E-state index in [4.69, 9.17) is 28.4 Å². The number of aliphatic hydroxyl groups excluding tert-OH is 6. The van der Waals surface area contributed by atoms with Gasteiger partial charge in [-0.25, -0.2) is 9.59 Å². The van der Waals surface area contributed by atoms with E-state index in [9.17, 15) is 50.4 Å². The number of ether oxygens (including phenoxy) is 6. The van der Waals surface area contributed by atoms with E-state index < -0.39 is 73.4 Å². The second kappa shape index (κ2) is 15.7. The fourth-order valence-electron chi connectivity index (χ4n) is 5.58. The number of benzene rings is 2. The van der Waals surface area contributed by atoms with Crippen LogP contribution in [-0.2, 0) is 31.9 Å². The Kier molecular flexibility index (Phi) is 12.1. The van der Waals surface area contributed by atoms with Crippen LogP contribution < -0.4 is 18.9 Å². The van der Waals surface area contributed by atoms with E-state index in [1.54, 1.807) is 24.3 Å². The van der Waals surface area contributed by atoms with Crippen LogP contribution in [0.4, 0.5) is 0 Å². The molecule has 0 saturated carbocycles. The van der Waals surface area contributed by atoms with Gasteiger partial charge in [-0.3, -0.25) is 0 Å². The summed E-state index contributed by atoms with van der Waals surface area (Å²) in [6.07, 6.45) is -16.6. The molecule has 0 amide bonds. The van der Waals surface area contributed by atoms with Crippen molar-refractivity contribution in [3.8, 4) is 23.0 Å². The minimum atomic E-state index is -1.86. The fraction of sp³-hybridized carbons (Fsp3) is 0.562. The van der Waals surface area contributed by atoms with Crippen molar-refractivity contribution in [1.82, 2.24) is 0 Å². The summed E-state index contributed by atoms with van der Waals surface area (Å²) in [7, 11) is 2.79. The molecule has 2 aliphatic heterocycles. The van der Waals surface area contributed by atoms with Crippen molar-refractivity contribution < 1.29 is 78.9 Å². The van der Waals surface area contributed by atoms with Gasteiger partial charge in [0.05, 0.1) is 14.2 Å². The highest BCUT2D eigenvalue weighted by Gasteiger charge is 2.49. The molecule has 12 atom stereocenters. The van der Waals surface area contributed by atoms with Crippen LogP contribution in [0.25, 0.3) is 0 Å². The molecule has 16 heteroatoms. The molecule has 16 nitrogen and oxygen atoms in total. The van der Waals surface area contributed by atoms with Crippen LogP contribution >= 0.6 is 0 Å². The van der Waals surface area contributed by atoms with Crippen LogP contribution in [0.2, 0.25) is 0 Å². The highest BCUT2D eigenvalue weighted by Crippen LogP contribution is 2.36. The predicted molar refractivity (Wildman–Crippen MR) is 162 cm³/mol. The van der Waals surface area contributed by atoms with Crippen molar-refractivity contribution in [1.29, 1.82) is 0 Å². The highest BCUT2D eigenvalue weighted by molar-refractivity contribution is 5.74. The summed E-state index contributed by atoms with van der Waals surface area (Å²) in [6.45, 7) is 4.06. The molecule has 2 aromatic carbocycles. The summed E-state index contributed by atoms with van der Waals surface area (Å²) in [6, 6.07) is 10.2. The summed E-state index contributed by atoms with van der Waals surface area (Å²) in [5, 5.41) is 79.8. The van der Waals surface area contributed by atoms with Gasteiger partial charge in [0.15, 0.2) is 35.2 Å². The molecule has 0 bridgehead atoms. The lowest BCUT2D eigenvalue weighted by Gasteiger charge is -2.38. The minimum absolute atomic E-state index is 0.0686. The molecule has 0 aromatic heterocycles. The molecule has 266 valence electrons. The standard InChI is InChI=1S/C32H42O16/c1-13(9-15-5-7-17(43-3)19(11-15)45-31-25(37)21(33)23(35)27(47-31)29(39)40)14(2)10-16-6-8-18(44-4)20(12-16)46-32-26(38)22(34)24(36)28(48-32)30(41)42/h5-8,11-14,21-28,31-38H,9-10H2,1-4H3,(H,39,40)(H,41,42)/t13-,14+,21-,22-,23-,24-,25+,26+,27-,28-,31+,32?/m0/s1. The average molecular weight is 683 g/mol. The highest BCUT2D eigenvalue weighted by atomic mass is 16.7. The molecule has 0 radical (unpaired) electrons. The largest absolute Gasteiger partial charge is 0.493 e. The van der Waals surface area contributed by atoms with Gasteiger partial charge in [-0.2, -0.15) is 0 Å². The Morgan fingerprint density at radius 2 is 0.958 bits per heavy atom. The number of carbonyl (C=O) groups is 2. The van der Waals surface area contributed by atoms with Crippen molar-refractivity contribution in [2.24, 2.45) is 11.8 Å². The van der Waals surface area contributed by atoms with Gasteiger partial charge in [0, 0.05) is 0 Å². The van der Waals surface area contributed by atoms with Crippen molar-refractivity contribution >= 4 is 11.9 Å². The van der Waals surface area contributed by atoms with Crippen LogP contribution in [0.1, 0.15) is 25.0 Å². The molecule has 4 rings (SSSR count). The predicted octanol–water partition coefficient (Wildman–Crippen LogP) is -0.697. The third-order valence-electron chi connectivity index (χ3n) is 8.66. The lowest BCUT2D eigenvalue weighted by atomic mass is 9.85. The van der Waals surface area contributed by atoms with Crippen LogP contribution in [0, 0.1) is 11.8 Å². The molecule has 0 spiro atoms. The van der Waals surface area contributed by atoms with Gasteiger partial charge in [-0.15, -0.1) is 0 Å². The van der Waals surface area contributed by atoms with Gasteiger partial charge >= 0.3 is 11.9 Å². The fourth-order valence-corrected chi connectivity index (χ4v) is 5.58. The number of hydrogen-bond acceptors (Lipinski definition) is 14. The molecule has 2 aromatic rings. The number of methoxy groups -OCH3 is 2. The lowest BCUT2D eigenvalue weighted by Crippen LogP contribution is -2.61. The Morgan fingerprint density at radius 1 is 0.604 bits per heavy atom.